The van der Waals surface area contributed by atoms with Gasteiger partial charge in [0, 0.05) is 6.54 Å². The zero-order valence-corrected chi connectivity index (χ0v) is 26.2. The molecule has 12 nitrogen and oxygen atoms in total. The van der Waals surface area contributed by atoms with Gasteiger partial charge in [0.25, 0.3) is 5.91 Å². The maximum absolute atomic E-state index is 12.3. The molecule has 2 atom stereocenters. The van der Waals surface area contributed by atoms with Gasteiger partial charge in [-0.25, -0.2) is 9.97 Å². The predicted molar refractivity (Wildman–Crippen MR) is 172 cm³/mol. The molecule has 0 radical (unpaired) electrons. The van der Waals surface area contributed by atoms with Gasteiger partial charge in [-0.05, 0) is 82.3 Å². The fourth-order valence-electron chi connectivity index (χ4n) is 4.53. The number of aliphatic hydroxyl groups excluding tert-OH is 2. The number of carbonyl (C=O) groups is 1. The van der Waals surface area contributed by atoms with Gasteiger partial charge >= 0.3 is 0 Å². The number of halogens is 1. The quantitative estimate of drug-likeness (QED) is 0.0710. The first-order valence-electron chi connectivity index (χ1n) is 15.3. The Bertz CT molecular complexity index is 1060. The lowest BCUT2D eigenvalue weighted by Gasteiger charge is -2.22. The van der Waals surface area contributed by atoms with Gasteiger partial charge in [-0.2, -0.15) is 0 Å². The molecule has 0 fully saturated rings. The molecule has 10 N–H and O–H groups in total. The van der Waals surface area contributed by atoms with Gasteiger partial charge in [0.15, 0.2) is 22.5 Å². The average Bonchev–Trinajstić information content (AvgIpc) is 2.99. The number of carbonyl (C=O) groups excluding carboxylic acids is 1. The summed E-state index contributed by atoms with van der Waals surface area (Å²) in [4.78, 5) is 22.5. The molecule has 242 valence electrons. The van der Waals surface area contributed by atoms with Crippen LogP contribution in [-0.2, 0) is 6.42 Å². The van der Waals surface area contributed by atoms with E-state index in [1.54, 1.807) is 0 Å². The highest BCUT2D eigenvalue weighted by Crippen LogP contribution is 2.17. The van der Waals surface area contributed by atoms with Crippen molar-refractivity contribution in [1.82, 2.24) is 25.5 Å². The lowest BCUT2D eigenvalue weighted by atomic mass is 10.1. The van der Waals surface area contributed by atoms with Gasteiger partial charge in [-0.1, -0.05) is 49.9 Å². The summed E-state index contributed by atoms with van der Waals surface area (Å²) in [6.45, 7) is 6.17. The summed E-state index contributed by atoms with van der Waals surface area (Å²) in [6.07, 6.45) is 8.77. The molecule has 1 unspecified atom stereocenters. The molecule has 0 aliphatic carbocycles. The zero-order chi connectivity index (χ0) is 31.5. The minimum atomic E-state index is -0.784. The number of hydrogen-bond acceptors (Lipinski definition) is 11. The Hall–Kier alpha value is -2.74. The van der Waals surface area contributed by atoms with Gasteiger partial charge < -0.3 is 31.7 Å². The largest absolute Gasteiger partial charge is 0.492 e. The third kappa shape index (κ3) is 15.0. The molecule has 0 saturated heterocycles. The topological polar surface area (TPSA) is 198 Å². The number of benzene rings is 1. The van der Waals surface area contributed by atoms with Crippen LogP contribution in [-0.4, -0.2) is 82.8 Å². The van der Waals surface area contributed by atoms with Crippen molar-refractivity contribution in [2.24, 2.45) is 5.73 Å². The summed E-state index contributed by atoms with van der Waals surface area (Å²) in [5.74, 6) is 0.100. The second kappa shape index (κ2) is 21.0. The molecular weight excluding hydrogens is 572 g/mol. The highest BCUT2D eigenvalue weighted by Gasteiger charge is 2.17. The number of unbranched alkanes of at least 4 members (excludes halogenated alkanes) is 5. The molecule has 2 aromatic rings. The summed E-state index contributed by atoms with van der Waals surface area (Å²) < 4.78 is 6.03. The molecule has 0 spiro atoms. The minimum Gasteiger partial charge on any atom is -0.492 e. The highest BCUT2D eigenvalue weighted by molar-refractivity contribution is 6.31. The van der Waals surface area contributed by atoms with Gasteiger partial charge in [-0.3, -0.25) is 20.7 Å². The number of ether oxygens (including phenoxy) is 1. The van der Waals surface area contributed by atoms with E-state index in [-0.39, 0.29) is 29.1 Å². The van der Waals surface area contributed by atoms with Crippen molar-refractivity contribution < 1.29 is 19.7 Å². The molecule has 13 heteroatoms. The Morgan fingerprint density at radius 3 is 2.42 bits per heavy atom. The number of aryl methyl sites for hydroxylation is 1. The van der Waals surface area contributed by atoms with Gasteiger partial charge in [0.05, 0.1) is 12.7 Å². The number of nitrogen functional groups attached to an aromatic ring is 2. The van der Waals surface area contributed by atoms with Crippen molar-refractivity contribution in [2.45, 2.75) is 83.5 Å². The van der Waals surface area contributed by atoms with Gasteiger partial charge in [-0.15, -0.1) is 0 Å². The highest BCUT2D eigenvalue weighted by atomic mass is 35.5. The van der Waals surface area contributed by atoms with Crippen LogP contribution >= 0.6 is 11.6 Å². The molecule has 1 aromatic carbocycles. The van der Waals surface area contributed by atoms with E-state index in [0.29, 0.717) is 19.6 Å². The van der Waals surface area contributed by atoms with E-state index in [4.69, 9.17) is 38.6 Å². The van der Waals surface area contributed by atoms with Gasteiger partial charge in [0.1, 0.15) is 18.6 Å². The summed E-state index contributed by atoms with van der Waals surface area (Å²) in [5.41, 5.74) is 18.3. The lowest BCUT2D eigenvalue weighted by Crippen LogP contribution is -2.52. The van der Waals surface area contributed by atoms with E-state index in [0.717, 1.165) is 57.5 Å². The third-order valence-electron chi connectivity index (χ3n) is 7.06. The Labute approximate surface area is 260 Å². The van der Waals surface area contributed by atoms with Crippen molar-refractivity contribution in [3.8, 4) is 5.75 Å². The molecule has 0 aliphatic heterocycles. The van der Waals surface area contributed by atoms with E-state index in [9.17, 15) is 9.90 Å². The van der Waals surface area contributed by atoms with Crippen LogP contribution in [0.15, 0.2) is 24.3 Å². The van der Waals surface area contributed by atoms with Crippen molar-refractivity contribution in [3.63, 3.8) is 0 Å². The molecule has 0 bridgehead atoms. The second-order valence-electron chi connectivity index (χ2n) is 10.7. The maximum Gasteiger partial charge on any atom is 0.276 e. The SMILES string of the molecule is CCCCCCN(CCCC[C@H](O)CO)CCOc1ccc(CCCCNC(N)NC(=O)c2nc(Cl)c(N)nc2N)cc1. The van der Waals surface area contributed by atoms with Crippen molar-refractivity contribution in [2.75, 3.05) is 50.9 Å². The summed E-state index contributed by atoms with van der Waals surface area (Å²) in [5, 5.41) is 24.1. The number of nitrogens with two attached hydrogens (primary N) is 3. The number of aromatic nitrogens is 2. The second-order valence-corrected chi connectivity index (χ2v) is 11.1. The van der Waals surface area contributed by atoms with E-state index < -0.39 is 18.3 Å². The maximum atomic E-state index is 12.3. The monoisotopic (exact) mass is 622 g/mol. The number of anilines is 2. The smallest absolute Gasteiger partial charge is 0.276 e. The summed E-state index contributed by atoms with van der Waals surface area (Å²) in [6, 6.07) is 8.21. The van der Waals surface area contributed by atoms with Crippen LogP contribution in [0.2, 0.25) is 5.15 Å². The van der Waals surface area contributed by atoms with E-state index in [1.807, 2.05) is 12.1 Å². The van der Waals surface area contributed by atoms with Crippen molar-refractivity contribution in [3.05, 3.63) is 40.7 Å². The number of hydrogen-bond donors (Lipinski definition) is 7. The third-order valence-corrected chi connectivity index (χ3v) is 7.34. The van der Waals surface area contributed by atoms with Crippen molar-refractivity contribution >= 4 is 29.1 Å². The predicted octanol–water partition coefficient (Wildman–Crippen LogP) is 2.66. The van der Waals surface area contributed by atoms with Crippen LogP contribution in [0.5, 0.6) is 5.75 Å². The van der Waals surface area contributed by atoms with Crippen LogP contribution < -0.4 is 32.6 Å². The molecule has 1 aromatic heterocycles. The zero-order valence-electron chi connectivity index (χ0n) is 25.4. The molecule has 0 saturated carbocycles. The van der Waals surface area contributed by atoms with Crippen molar-refractivity contribution in [1.29, 1.82) is 0 Å². The number of nitrogens with zero attached hydrogens (tertiary/aromatic N) is 3. The summed E-state index contributed by atoms with van der Waals surface area (Å²) in [7, 11) is 0. The normalized spacial score (nSPS) is 12.8. The Morgan fingerprint density at radius 1 is 1.00 bits per heavy atom. The Kier molecular flexibility index (Phi) is 17.8. The standard InChI is InChI=1S/C30H51ClN8O4/c1-2-3-4-8-17-39(18-9-6-11-23(41)21-40)19-20-43-24-14-12-22(13-15-24)10-5-7-16-35-30(34)38-29(42)25-27(32)37-28(33)26(31)36-25/h12-15,23,30,35,40-41H,2-11,16-21,34H2,1H3,(H,38,42)(H4,32,33,37)/t23-,30?/m0/s1. The molecule has 1 heterocycles. The van der Waals surface area contributed by atoms with E-state index in [1.165, 1.54) is 31.2 Å². The first-order chi connectivity index (χ1) is 20.7. The van der Waals surface area contributed by atoms with E-state index >= 15 is 0 Å². The number of aliphatic hydroxyl groups is 2. The fourth-order valence-corrected chi connectivity index (χ4v) is 4.66. The Balaban J connectivity index is 1.64. The lowest BCUT2D eigenvalue weighted by molar-refractivity contribution is 0.0850. The molecule has 43 heavy (non-hydrogen) atoms. The first kappa shape index (κ1) is 36.5. The number of rotatable bonds is 23. The Morgan fingerprint density at radius 2 is 1.72 bits per heavy atom. The average molecular weight is 623 g/mol. The van der Waals surface area contributed by atoms with Crippen LogP contribution in [0.25, 0.3) is 0 Å². The van der Waals surface area contributed by atoms with Gasteiger partial charge in [0.2, 0.25) is 0 Å². The molecule has 2 rings (SSSR count). The fraction of sp³-hybridized carbons (Fsp3) is 0.633. The minimum absolute atomic E-state index is 0.0450. The molecular formula is C30H51ClN8O4. The number of nitrogens with one attached hydrogen (secondary N) is 2. The van der Waals surface area contributed by atoms with E-state index in [2.05, 4.69) is 44.6 Å². The van der Waals surface area contributed by atoms with Crippen LogP contribution in [0.3, 0.4) is 0 Å². The molecule has 1 amide bonds. The van der Waals surface area contributed by atoms with Crippen LogP contribution in [0, 0.1) is 0 Å². The van der Waals surface area contributed by atoms with Crippen LogP contribution in [0.4, 0.5) is 11.6 Å². The molecule has 0 aliphatic rings. The summed E-state index contributed by atoms with van der Waals surface area (Å²) >= 11 is 5.83. The van der Waals surface area contributed by atoms with Crippen LogP contribution in [0.1, 0.15) is 80.8 Å². The first-order valence-corrected chi connectivity index (χ1v) is 15.7. The number of amides is 1.